The number of anilines is 1. The standard InChI is InChI=1S/C31H26N4O5S/c1-19-26(29(36)34-22-11-5-4-6-12-22)27(20-9-7-13-23(17-20)38-2)35-30(37)25(41-31(35)33-19)18-21-10-8-14-24(39-3)28(21)40-16-15-32/h4-14,17-18,27H,16H2,1-3H3,(H,34,36)/b25-18-/t27-/m1/s1. The minimum atomic E-state index is -0.758. The number of hydrogen-bond donors (Lipinski definition) is 1. The lowest BCUT2D eigenvalue weighted by Crippen LogP contribution is -2.40. The molecule has 3 aromatic carbocycles. The molecule has 0 saturated heterocycles. The van der Waals surface area contributed by atoms with E-state index in [4.69, 9.17) is 19.5 Å². The SMILES string of the molecule is COc1cccc([C@@H]2C(C(=O)Nc3ccccc3)=C(C)N=c3s/c(=C\c4cccc(OC)c4OCC#N)c(=O)n32)c1. The maximum Gasteiger partial charge on any atom is 0.271 e. The Hall–Kier alpha value is -5.14. The number of nitriles is 1. The van der Waals surface area contributed by atoms with E-state index < -0.39 is 6.04 Å². The molecular weight excluding hydrogens is 540 g/mol. The highest BCUT2D eigenvalue weighted by molar-refractivity contribution is 7.07. The lowest BCUT2D eigenvalue weighted by molar-refractivity contribution is -0.113. The number of para-hydroxylation sites is 2. The average molecular weight is 567 g/mol. The van der Waals surface area contributed by atoms with E-state index in [1.807, 2.05) is 42.5 Å². The number of thiazole rings is 1. The number of rotatable bonds is 8. The molecule has 1 aliphatic heterocycles. The van der Waals surface area contributed by atoms with E-state index in [0.29, 0.717) is 54.7 Å². The Morgan fingerprint density at radius 1 is 1.10 bits per heavy atom. The molecule has 5 rings (SSSR count). The van der Waals surface area contributed by atoms with Gasteiger partial charge in [-0.25, -0.2) is 4.99 Å². The molecule has 206 valence electrons. The molecule has 41 heavy (non-hydrogen) atoms. The van der Waals surface area contributed by atoms with E-state index in [-0.39, 0.29) is 18.1 Å². The van der Waals surface area contributed by atoms with Crippen LogP contribution in [0.25, 0.3) is 6.08 Å². The molecule has 1 aromatic heterocycles. The van der Waals surface area contributed by atoms with Gasteiger partial charge in [-0.3, -0.25) is 14.2 Å². The zero-order valence-corrected chi connectivity index (χ0v) is 23.4. The van der Waals surface area contributed by atoms with Crippen molar-refractivity contribution in [2.45, 2.75) is 13.0 Å². The van der Waals surface area contributed by atoms with Crippen molar-refractivity contribution in [3.8, 4) is 23.3 Å². The van der Waals surface area contributed by atoms with Crippen LogP contribution in [-0.4, -0.2) is 31.3 Å². The van der Waals surface area contributed by atoms with E-state index in [2.05, 4.69) is 10.3 Å². The number of ether oxygens (including phenoxy) is 3. The summed E-state index contributed by atoms with van der Waals surface area (Å²) in [5.74, 6) is 1.02. The van der Waals surface area contributed by atoms with Crippen molar-refractivity contribution in [3.05, 3.63) is 115 Å². The zero-order valence-electron chi connectivity index (χ0n) is 22.6. The van der Waals surface area contributed by atoms with Gasteiger partial charge in [0.15, 0.2) is 22.9 Å². The highest BCUT2D eigenvalue weighted by Gasteiger charge is 2.33. The minimum absolute atomic E-state index is 0.183. The van der Waals surface area contributed by atoms with Gasteiger partial charge in [0.1, 0.15) is 11.8 Å². The van der Waals surface area contributed by atoms with E-state index in [9.17, 15) is 9.59 Å². The quantitative estimate of drug-likeness (QED) is 0.347. The second kappa shape index (κ2) is 11.9. The predicted octanol–water partition coefficient (Wildman–Crippen LogP) is 3.79. The smallest absolute Gasteiger partial charge is 0.271 e. The van der Waals surface area contributed by atoms with Crippen molar-refractivity contribution in [2.24, 2.45) is 4.99 Å². The van der Waals surface area contributed by atoms with Crippen LogP contribution in [0, 0.1) is 11.3 Å². The van der Waals surface area contributed by atoms with Gasteiger partial charge in [0.05, 0.1) is 36.1 Å². The Kier molecular flexibility index (Phi) is 7.99. The first kappa shape index (κ1) is 27.4. The molecule has 0 unspecified atom stereocenters. The molecule has 0 aliphatic carbocycles. The Balaban J connectivity index is 1.69. The summed E-state index contributed by atoms with van der Waals surface area (Å²) in [4.78, 5) is 32.9. The second-order valence-electron chi connectivity index (χ2n) is 9.00. The molecule has 1 atom stereocenters. The summed E-state index contributed by atoms with van der Waals surface area (Å²) in [6, 6.07) is 22.9. The van der Waals surface area contributed by atoms with Gasteiger partial charge in [-0.15, -0.1) is 0 Å². The van der Waals surface area contributed by atoms with Crippen molar-refractivity contribution in [2.75, 3.05) is 26.1 Å². The van der Waals surface area contributed by atoms with Crippen LogP contribution in [0.1, 0.15) is 24.1 Å². The summed E-state index contributed by atoms with van der Waals surface area (Å²) >= 11 is 1.20. The Bertz CT molecular complexity index is 1870. The molecule has 0 fully saturated rings. The molecule has 4 aromatic rings. The van der Waals surface area contributed by atoms with Crippen molar-refractivity contribution in [3.63, 3.8) is 0 Å². The predicted molar refractivity (Wildman–Crippen MR) is 156 cm³/mol. The Labute approximate surface area is 239 Å². The van der Waals surface area contributed by atoms with Crippen LogP contribution in [0.15, 0.2) is 93.9 Å². The summed E-state index contributed by atoms with van der Waals surface area (Å²) in [6.07, 6.45) is 1.69. The molecule has 0 radical (unpaired) electrons. The Morgan fingerprint density at radius 2 is 1.88 bits per heavy atom. The number of nitrogens with zero attached hydrogens (tertiary/aromatic N) is 3. The van der Waals surface area contributed by atoms with Gasteiger partial charge >= 0.3 is 0 Å². The fourth-order valence-electron chi connectivity index (χ4n) is 4.67. The summed E-state index contributed by atoms with van der Waals surface area (Å²) in [5, 5.41) is 12.0. The molecule has 9 nitrogen and oxygen atoms in total. The van der Waals surface area contributed by atoms with Crippen molar-refractivity contribution in [1.82, 2.24) is 4.57 Å². The molecule has 0 saturated carbocycles. The number of amides is 1. The number of carbonyl (C=O) groups excluding carboxylic acids is 1. The zero-order chi connectivity index (χ0) is 28.9. The van der Waals surface area contributed by atoms with Crippen LogP contribution >= 0.6 is 11.3 Å². The van der Waals surface area contributed by atoms with Gasteiger partial charge in [-0.1, -0.05) is 53.8 Å². The molecule has 1 aliphatic rings. The number of benzene rings is 3. The molecule has 0 spiro atoms. The molecule has 10 heteroatoms. The third-order valence-electron chi connectivity index (χ3n) is 6.50. The van der Waals surface area contributed by atoms with Crippen LogP contribution in [0.2, 0.25) is 0 Å². The second-order valence-corrected chi connectivity index (χ2v) is 10.0. The topological polar surface area (TPSA) is 115 Å². The number of fused-ring (bicyclic) bond motifs is 1. The largest absolute Gasteiger partial charge is 0.497 e. The number of nitrogens with one attached hydrogen (secondary N) is 1. The van der Waals surface area contributed by atoms with Gasteiger partial charge in [0.25, 0.3) is 11.5 Å². The van der Waals surface area contributed by atoms with Crippen LogP contribution in [-0.2, 0) is 4.79 Å². The fraction of sp³-hybridized carbons (Fsp3) is 0.161. The van der Waals surface area contributed by atoms with Crippen LogP contribution in [0.4, 0.5) is 5.69 Å². The van der Waals surface area contributed by atoms with Gasteiger partial charge in [0, 0.05) is 11.3 Å². The van der Waals surface area contributed by atoms with Gasteiger partial charge < -0.3 is 19.5 Å². The van der Waals surface area contributed by atoms with Crippen molar-refractivity contribution < 1.29 is 19.0 Å². The number of aromatic nitrogens is 1. The third kappa shape index (κ3) is 5.48. The van der Waals surface area contributed by atoms with Crippen LogP contribution < -0.4 is 34.4 Å². The van der Waals surface area contributed by atoms with Gasteiger partial charge in [-0.2, -0.15) is 5.26 Å². The highest BCUT2D eigenvalue weighted by Crippen LogP contribution is 2.33. The van der Waals surface area contributed by atoms with Gasteiger partial charge in [0.2, 0.25) is 0 Å². The summed E-state index contributed by atoms with van der Waals surface area (Å²) in [6.45, 7) is 1.58. The number of methoxy groups -OCH3 is 2. The maximum atomic E-state index is 14.0. The molecule has 0 bridgehead atoms. The lowest BCUT2D eigenvalue weighted by atomic mass is 9.95. The first-order valence-corrected chi connectivity index (χ1v) is 13.5. The summed E-state index contributed by atoms with van der Waals surface area (Å²) < 4.78 is 18.4. The third-order valence-corrected chi connectivity index (χ3v) is 7.49. The van der Waals surface area contributed by atoms with Crippen LogP contribution in [0.3, 0.4) is 0 Å². The van der Waals surface area contributed by atoms with Crippen LogP contribution in [0.5, 0.6) is 17.2 Å². The monoisotopic (exact) mass is 566 g/mol. The number of hydrogen-bond acceptors (Lipinski definition) is 8. The van der Waals surface area contributed by atoms with E-state index >= 15 is 0 Å². The van der Waals surface area contributed by atoms with E-state index in [0.717, 1.165) is 0 Å². The van der Waals surface area contributed by atoms with Crippen molar-refractivity contribution >= 4 is 29.0 Å². The highest BCUT2D eigenvalue weighted by atomic mass is 32.1. The first-order chi connectivity index (χ1) is 19.9. The molecule has 1 amide bonds. The minimum Gasteiger partial charge on any atom is -0.497 e. The normalized spacial score (nSPS) is 14.5. The summed E-state index contributed by atoms with van der Waals surface area (Å²) in [7, 11) is 3.07. The van der Waals surface area contributed by atoms with Gasteiger partial charge in [-0.05, 0) is 48.9 Å². The van der Waals surface area contributed by atoms with E-state index in [1.165, 1.54) is 23.0 Å². The van der Waals surface area contributed by atoms with Crippen molar-refractivity contribution in [1.29, 1.82) is 5.26 Å². The molecule has 1 N–H and O–H groups in total. The fourth-order valence-corrected chi connectivity index (χ4v) is 5.70. The lowest BCUT2D eigenvalue weighted by Gasteiger charge is -2.25. The number of carbonyl (C=O) groups is 1. The molecule has 2 heterocycles. The average Bonchev–Trinajstić information content (AvgIpc) is 3.29. The summed E-state index contributed by atoms with van der Waals surface area (Å²) in [5.41, 5.74) is 2.42. The first-order valence-electron chi connectivity index (χ1n) is 12.6. The van der Waals surface area contributed by atoms with E-state index in [1.54, 1.807) is 56.5 Å². The Morgan fingerprint density at radius 3 is 2.61 bits per heavy atom. The number of allylic oxidation sites excluding steroid dienone is 1. The maximum absolute atomic E-state index is 14.0. The molecular formula is C31H26N4O5S.